The first kappa shape index (κ1) is 18.6. The van der Waals surface area contributed by atoms with E-state index in [9.17, 15) is 9.90 Å². The van der Waals surface area contributed by atoms with Crippen LogP contribution in [0.4, 0.5) is 0 Å². The van der Waals surface area contributed by atoms with Crippen molar-refractivity contribution >= 4 is 17.0 Å². The van der Waals surface area contributed by atoms with E-state index in [0.29, 0.717) is 24.8 Å². The van der Waals surface area contributed by atoms with Crippen molar-refractivity contribution in [3.63, 3.8) is 0 Å². The van der Waals surface area contributed by atoms with Crippen molar-refractivity contribution in [2.24, 2.45) is 0 Å². The normalized spacial score (nSPS) is 10.8. The van der Waals surface area contributed by atoms with Gasteiger partial charge in [-0.05, 0) is 48.5 Å². The fourth-order valence-electron chi connectivity index (χ4n) is 3.13. The third-order valence-electron chi connectivity index (χ3n) is 4.42. The van der Waals surface area contributed by atoms with Crippen molar-refractivity contribution in [3.8, 4) is 22.9 Å². The molecular formula is C23H20N2O4. The average molecular weight is 388 g/mol. The van der Waals surface area contributed by atoms with Crippen molar-refractivity contribution in [1.29, 1.82) is 0 Å². The molecule has 0 aliphatic rings. The van der Waals surface area contributed by atoms with E-state index in [1.807, 2.05) is 78.9 Å². The Morgan fingerprint density at radius 2 is 1.45 bits per heavy atom. The lowest BCUT2D eigenvalue weighted by Crippen LogP contribution is -2.10. The summed E-state index contributed by atoms with van der Waals surface area (Å²) in [5.41, 5.74) is 2.39. The smallest absolute Gasteiger partial charge is 0.323 e. The molecule has 6 nitrogen and oxygen atoms in total. The highest BCUT2D eigenvalue weighted by atomic mass is 16.5. The first-order valence-corrected chi connectivity index (χ1v) is 9.29. The van der Waals surface area contributed by atoms with Gasteiger partial charge in [0.05, 0.1) is 11.0 Å². The molecule has 1 heterocycles. The highest BCUT2D eigenvalue weighted by Crippen LogP contribution is 2.26. The maximum absolute atomic E-state index is 11.3. The fraction of sp³-hybridized carbons (Fsp3) is 0.130. The zero-order chi connectivity index (χ0) is 20.1. The molecule has 4 aromatic rings. The van der Waals surface area contributed by atoms with Gasteiger partial charge in [-0.2, -0.15) is 0 Å². The van der Waals surface area contributed by atoms with Gasteiger partial charge in [-0.1, -0.05) is 30.3 Å². The minimum absolute atomic E-state index is 0.148. The number of nitrogens with zero attached hydrogens (tertiary/aromatic N) is 2. The Morgan fingerprint density at radius 3 is 2.14 bits per heavy atom. The Balaban J connectivity index is 1.46. The van der Waals surface area contributed by atoms with E-state index < -0.39 is 5.97 Å². The molecule has 0 spiro atoms. The van der Waals surface area contributed by atoms with Gasteiger partial charge in [0, 0.05) is 5.56 Å². The number of carbonyl (C=O) groups is 1. The number of hydrogen-bond donors (Lipinski definition) is 1. The van der Waals surface area contributed by atoms with Crippen LogP contribution < -0.4 is 9.47 Å². The molecule has 0 aliphatic heterocycles. The molecular weight excluding hydrogens is 368 g/mol. The standard InChI is InChI=1S/C23H20N2O4/c26-22(27)16-25-21-9-5-4-8-20(21)24-23(25)17-10-12-19(13-11-17)29-15-14-28-18-6-2-1-3-7-18/h1-13H,14-16H2,(H,26,27). The second-order valence-corrected chi connectivity index (χ2v) is 6.44. The number of rotatable bonds is 8. The fourth-order valence-corrected chi connectivity index (χ4v) is 3.13. The molecule has 0 fully saturated rings. The minimum Gasteiger partial charge on any atom is -0.490 e. The van der Waals surface area contributed by atoms with E-state index in [-0.39, 0.29) is 6.54 Å². The van der Waals surface area contributed by atoms with Crippen molar-refractivity contribution in [2.45, 2.75) is 6.54 Å². The molecule has 0 saturated carbocycles. The molecule has 1 aromatic heterocycles. The Bertz CT molecular complexity index is 1100. The van der Waals surface area contributed by atoms with Gasteiger partial charge in [0.2, 0.25) is 0 Å². The molecule has 0 saturated heterocycles. The largest absolute Gasteiger partial charge is 0.490 e. The molecule has 3 aromatic carbocycles. The van der Waals surface area contributed by atoms with Crippen LogP contribution in [0.2, 0.25) is 0 Å². The Morgan fingerprint density at radius 1 is 0.828 bits per heavy atom. The molecule has 0 aliphatic carbocycles. The number of carboxylic acid groups (broad SMARTS) is 1. The van der Waals surface area contributed by atoms with E-state index in [0.717, 1.165) is 22.3 Å². The quantitative estimate of drug-likeness (QED) is 0.457. The van der Waals surface area contributed by atoms with Crippen LogP contribution in [-0.4, -0.2) is 33.8 Å². The van der Waals surface area contributed by atoms with E-state index in [1.54, 1.807) is 4.57 Å². The van der Waals surface area contributed by atoms with Gasteiger partial charge in [0.1, 0.15) is 37.1 Å². The van der Waals surface area contributed by atoms with Crippen LogP contribution in [0.5, 0.6) is 11.5 Å². The summed E-state index contributed by atoms with van der Waals surface area (Å²) >= 11 is 0. The topological polar surface area (TPSA) is 73.6 Å². The second kappa shape index (κ2) is 8.48. The van der Waals surface area contributed by atoms with Crippen LogP contribution >= 0.6 is 0 Å². The number of hydrogen-bond acceptors (Lipinski definition) is 4. The number of aromatic nitrogens is 2. The summed E-state index contributed by atoms with van der Waals surface area (Å²) < 4.78 is 13.0. The van der Waals surface area contributed by atoms with Crippen LogP contribution in [0, 0.1) is 0 Å². The van der Waals surface area contributed by atoms with Gasteiger partial charge in [-0.25, -0.2) is 4.98 Å². The highest BCUT2D eigenvalue weighted by molar-refractivity contribution is 5.82. The summed E-state index contributed by atoms with van der Waals surface area (Å²) in [5.74, 6) is 1.23. The van der Waals surface area contributed by atoms with Gasteiger partial charge < -0.3 is 19.1 Å². The predicted molar refractivity (Wildman–Crippen MR) is 110 cm³/mol. The molecule has 6 heteroatoms. The van der Waals surface area contributed by atoms with Crippen molar-refractivity contribution < 1.29 is 19.4 Å². The molecule has 0 radical (unpaired) electrons. The summed E-state index contributed by atoms with van der Waals surface area (Å²) in [5, 5.41) is 9.28. The van der Waals surface area contributed by atoms with Crippen LogP contribution in [-0.2, 0) is 11.3 Å². The van der Waals surface area contributed by atoms with E-state index in [1.165, 1.54) is 0 Å². The number of aliphatic carboxylic acids is 1. The summed E-state index contributed by atoms with van der Waals surface area (Å²) in [4.78, 5) is 15.9. The molecule has 29 heavy (non-hydrogen) atoms. The van der Waals surface area contributed by atoms with Crippen LogP contribution in [0.25, 0.3) is 22.4 Å². The van der Waals surface area contributed by atoms with E-state index in [2.05, 4.69) is 4.98 Å². The van der Waals surface area contributed by atoms with Crippen molar-refractivity contribution in [3.05, 3.63) is 78.9 Å². The van der Waals surface area contributed by atoms with Gasteiger partial charge in [0.25, 0.3) is 0 Å². The lowest BCUT2D eigenvalue weighted by molar-refractivity contribution is -0.137. The average Bonchev–Trinajstić information content (AvgIpc) is 3.10. The minimum atomic E-state index is -0.909. The van der Waals surface area contributed by atoms with Gasteiger partial charge >= 0.3 is 5.97 Å². The van der Waals surface area contributed by atoms with E-state index >= 15 is 0 Å². The molecule has 0 atom stereocenters. The number of fused-ring (bicyclic) bond motifs is 1. The molecule has 146 valence electrons. The number of carboxylic acids is 1. The van der Waals surface area contributed by atoms with Gasteiger partial charge in [0.15, 0.2) is 0 Å². The highest BCUT2D eigenvalue weighted by Gasteiger charge is 2.14. The maximum atomic E-state index is 11.3. The zero-order valence-electron chi connectivity index (χ0n) is 15.7. The maximum Gasteiger partial charge on any atom is 0.323 e. The lowest BCUT2D eigenvalue weighted by Gasteiger charge is -2.10. The molecule has 0 amide bonds. The SMILES string of the molecule is O=C(O)Cn1c(-c2ccc(OCCOc3ccccc3)cc2)nc2ccccc21. The summed E-state index contributed by atoms with van der Waals surface area (Å²) in [7, 11) is 0. The Labute approximate surface area is 168 Å². The third-order valence-corrected chi connectivity index (χ3v) is 4.42. The third kappa shape index (κ3) is 4.38. The monoisotopic (exact) mass is 388 g/mol. The summed E-state index contributed by atoms with van der Waals surface area (Å²) in [6.45, 7) is 0.719. The molecule has 1 N–H and O–H groups in total. The first-order valence-electron chi connectivity index (χ1n) is 9.29. The first-order chi connectivity index (χ1) is 14.2. The number of para-hydroxylation sites is 3. The summed E-state index contributed by atoms with van der Waals surface area (Å²) in [6.07, 6.45) is 0. The van der Waals surface area contributed by atoms with Crippen molar-refractivity contribution in [2.75, 3.05) is 13.2 Å². The van der Waals surface area contributed by atoms with Crippen LogP contribution in [0.1, 0.15) is 0 Å². The molecule has 0 bridgehead atoms. The predicted octanol–water partition coefficient (Wildman–Crippen LogP) is 4.25. The van der Waals surface area contributed by atoms with Crippen LogP contribution in [0.15, 0.2) is 78.9 Å². The van der Waals surface area contributed by atoms with Crippen molar-refractivity contribution in [1.82, 2.24) is 9.55 Å². The van der Waals surface area contributed by atoms with Gasteiger partial charge in [-0.3, -0.25) is 4.79 Å². The van der Waals surface area contributed by atoms with Crippen LogP contribution in [0.3, 0.4) is 0 Å². The van der Waals surface area contributed by atoms with E-state index in [4.69, 9.17) is 9.47 Å². The Kier molecular flexibility index (Phi) is 5.42. The molecule has 4 rings (SSSR count). The second-order valence-electron chi connectivity index (χ2n) is 6.44. The number of benzene rings is 3. The zero-order valence-corrected chi connectivity index (χ0v) is 15.7. The number of ether oxygens (including phenoxy) is 2. The Hall–Kier alpha value is -3.80. The van der Waals surface area contributed by atoms with Gasteiger partial charge in [-0.15, -0.1) is 0 Å². The lowest BCUT2D eigenvalue weighted by atomic mass is 10.2. The summed E-state index contributed by atoms with van der Waals surface area (Å²) in [6, 6.07) is 24.6. The number of imidazole rings is 1. The molecule has 0 unspecified atom stereocenters.